The summed E-state index contributed by atoms with van der Waals surface area (Å²) in [6.07, 6.45) is -0.644. The van der Waals surface area contributed by atoms with Crippen LogP contribution in [-0.2, 0) is 14.3 Å². The third kappa shape index (κ3) is 4.42. The highest BCUT2D eigenvalue weighted by atomic mass is 16.6. The number of ether oxygens (including phenoxy) is 1. The van der Waals surface area contributed by atoms with Gasteiger partial charge in [0.15, 0.2) is 0 Å². The summed E-state index contributed by atoms with van der Waals surface area (Å²) < 4.78 is 5.13. The molecular formula is C12H19NO6. The van der Waals surface area contributed by atoms with Crippen molar-refractivity contribution in [2.75, 3.05) is 13.1 Å². The van der Waals surface area contributed by atoms with Crippen LogP contribution < -0.4 is 0 Å². The van der Waals surface area contributed by atoms with Crippen molar-refractivity contribution < 1.29 is 29.3 Å². The molecule has 0 aromatic rings. The molecule has 1 heterocycles. The molecule has 108 valence electrons. The summed E-state index contributed by atoms with van der Waals surface area (Å²) in [6.45, 7) is 5.04. The molecule has 7 nitrogen and oxygen atoms in total. The molecule has 0 radical (unpaired) electrons. The molecule has 1 aliphatic rings. The highest BCUT2D eigenvalue weighted by molar-refractivity contribution is 5.77. The molecule has 0 aliphatic carbocycles. The predicted molar refractivity (Wildman–Crippen MR) is 64.7 cm³/mol. The summed E-state index contributed by atoms with van der Waals surface area (Å²) in [7, 11) is 0. The lowest BCUT2D eigenvalue weighted by Crippen LogP contribution is -2.49. The zero-order valence-electron chi connectivity index (χ0n) is 11.3. The van der Waals surface area contributed by atoms with Crippen molar-refractivity contribution in [3.05, 3.63) is 0 Å². The average molecular weight is 273 g/mol. The van der Waals surface area contributed by atoms with E-state index >= 15 is 0 Å². The first-order valence-electron chi connectivity index (χ1n) is 6.03. The van der Waals surface area contributed by atoms with Gasteiger partial charge in [0.2, 0.25) is 0 Å². The van der Waals surface area contributed by atoms with Crippen molar-refractivity contribution in [3.8, 4) is 0 Å². The van der Waals surface area contributed by atoms with Gasteiger partial charge >= 0.3 is 18.0 Å². The first kappa shape index (κ1) is 15.3. The number of likely N-dealkylation sites (tertiary alicyclic amines) is 1. The predicted octanol–water partition coefficient (Wildman–Crippen LogP) is 1.03. The van der Waals surface area contributed by atoms with Crippen LogP contribution in [0.5, 0.6) is 0 Å². The molecule has 7 heteroatoms. The van der Waals surface area contributed by atoms with Gasteiger partial charge in [0.05, 0.1) is 11.8 Å². The minimum atomic E-state index is -1.10. The van der Waals surface area contributed by atoms with Crippen molar-refractivity contribution >= 4 is 18.0 Å². The molecule has 0 unspecified atom stereocenters. The van der Waals surface area contributed by atoms with Crippen LogP contribution in [0.4, 0.5) is 4.79 Å². The Morgan fingerprint density at radius 1 is 1.05 bits per heavy atom. The Morgan fingerprint density at radius 2 is 1.47 bits per heavy atom. The van der Waals surface area contributed by atoms with Gasteiger partial charge in [0.1, 0.15) is 5.60 Å². The van der Waals surface area contributed by atoms with Gasteiger partial charge < -0.3 is 19.8 Å². The number of piperidine rings is 1. The fourth-order valence-corrected chi connectivity index (χ4v) is 1.93. The summed E-state index contributed by atoms with van der Waals surface area (Å²) in [6, 6.07) is 0. The Morgan fingerprint density at radius 3 is 1.79 bits per heavy atom. The Balaban J connectivity index is 2.79. The molecule has 2 N–H and O–H groups in total. The number of aliphatic carboxylic acids is 2. The maximum absolute atomic E-state index is 11.9. The Labute approximate surface area is 111 Å². The zero-order valence-corrected chi connectivity index (χ0v) is 11.3. The van der Waals surface area contributed by atoms with Gasteiger partial charge in [-0.15, -0.1) is 0 Å². The molecular weight excluding hydrogens is 254 g/mol. The molecule has 0 aromatic heterocycles. The van der Waals surface area contributed by atoms with Crippen LogP contribution in [0.25, 0.3) is 0 Å². The fraction of sp³-hybridized carbons (Fsp3) is 0.750. The number of rotatable bonds is 2. The van der Waals surface area contributed by atoms with Gasteiger partial charge in [0, 0.05) is 13.1 Å². The molecule has 0 spiro atoms. The molecule has 2 atom stereocenters. The average Bonchev–Trinajstić information content (AvgIpc) is 2.25. The standard InChI is InChI=1S/C12H19NO6/c1-12(2,3)19-11(18)13-5-7(9(14)15)4-8(6-13)10(16)17/h7-8H,4-6H2,1-3H3,(H,14,15)(H,16,17)/t7-,8+. The lowest BCUT2D eigenvalue weighted by atomic mass is 9.89. The molecule has 1 aliphatic heterocycles. The van der Waals surface area contributed by atoms with E-state index in [1.807, 2.05) is 0 Å². The van der Waals surface area contributed by atoms with E-state index in [1.165, 1.54) is 0 Å². The number of hydrogen-bond acceptors (Lipinski definition) is 4. The molecule has 1 saturated heterocycles. The molecule has 0 bridgehead atoms. The Bertz CT molecular complexity index is 364. The molecule has 1 rings (SSSR count). The number of hydrogen-bond donors (Lipinski definition) is 2. The Kier molecular flexibility index (Phi) is 4.39. The molecule has 0 saturated carbocycles. The summed E-state index contributed by atoms with van der Waals surface area (Å²) >= 11 is 0. The topological polar surface area (TPSA) is 104 Å². The Hall–Kier alpha value is -1.79. The van der Waals surface area contributed by atoms with Gasteiger partial charge in [-0.25, -0.2) is 4.79 Å². The lowest BCUT2D eigenvalue weighted by molar-refractivity contribution is -0.149. The van der Waals surface area contributed by atoms with E-state index in [0.717, 1.165) is 4.90 Å². The van der Waals surface area contributed by atoms with E-state index in [4.69, 9.17) is 14.9 Å². The van der Waals surface area contributed by atoms with Gasteiger partial charge in [-0.3, -0.25) is 9.59 Å². The third-order valence-electron chi connectivity index (χ3n) is 2.80. The molecule has 1 fully saturated rings. The number of amides is 1. The van der Waals surface area contributed by atoms with Crippen LogP contribution >= 0.6 is 0 Å². The van der Waals surface area contributed by atoms with E-state index in [2.05, 4.69) is 0 Å². The monoisotopic (exact) mass is 273 g/mol. The lowest BCUT2D eigenvalue weighted by Gasteiger charge is -2.35. The maximum atomic E-state index is 11.9. The van der Waals surface area contributed by atoms with Crippen LogP contribution in [0.3, 0.4) is 0 Å². The number of carbonyl (C=O) groups excluding carboxylic acids is 1. The van der Waals surface area contributed by atoms with Crippen LogP contribution in [0, 0.1) is 11.8 Å². The minimum Gasteiger partial charge on any atom is -0.481 e. The molecule has 0 aromatic carbocycles. The van der Waals surface area contributed by atoms with Crippen molar-refractivity contribution in [2.45, 2.75) is 32.8 Å². The van der Waals surface area contributed by atoms with E-state index < -0.39 is 35.5 Å². The third-order valence-corrected chi connectivity index (χ3v) is 2.80. The van der Waals surface area contributed by atoms with Crippen molar-refractivity contribution in [1.29, 1.82) is 0 Å². The second-order valence-corrected chi connectivity index (χ2v) is 5.69. The smallest absolute Gasteiger partial charge is 0.410 e. The van der Waals surface area contributed by atoms with Gasteiger partial charge in [0.25, 0.3) is 0 Å². The van der Waals surface area contributed by atoms with Crippen LogP contribution in [-0.4, -0.2) is 51.8 Å². The van der Waals surface area contributed by atoms with Crippen LogP contribution in [0.1, 0.15) is 27.2 Å². The van der Waals surface area contributed by atoms with E-state index in [0.29, 0.717) is 0 Å². The highest BCUT2D eigenvalue weighted by Crippen LogP contribution is 2.24. The summed E-state index contributed by atoms with van der Waals surface area (Å²) in [5, 5.41) is 18.0. The maximum Gasteiger partial charge on any atom is 0.410 e. The first-order valence-corrected chi connectivity index (χ1v) is 6.03. The molecule has 1 amide bonds. The van der Waals surface area contributed by atoms with Crippen molar-refractivity contribution in [1.82, 2.24) is 4.90 Å². The van der Waals surface area contributed by atoms with Crippen LogP contribution in [0.15, 0.2) is 0 Å². The van der Waals surface area contributed by atoms with Crippen molar-refractivity contribution in [3.63, 3.8) is 0 Å². The first-order chi connectivity index (χ1) is 8.60. The van der Waals surface area contributed by atoms with E-state index in [9.17, 15) is 14.4 Å². The second kappa shape index (κ2) is 5.46. The second-order valence-electron chi connectivity index (χ2n) is 5.69. The summed E-state index contributed by atoms with van der Waals surface area (Å²) in [5.74, 6) is -3.94. The molecule has 19 heavy (non-hydrogen) atoms. The number of nitrogens with zero attached hydrogens (tertiary/aromatic N) is 1. The summed E-state index contributed by atoms with van der Waals surface area (Å²) in [5.41, 5.74) is -0.702. The van der Waals surface area contributed by atoms with E-state index in [1.54, 1.807) is 20.8 Å². The number of carbonyl (C=O) groups is 3. The van der Waals surface area contributed by atoms with Crippen molar-refractivity contribution in [2.24, 2.45) is 11.8 Å². The number of carboxylic acid groups (broad SMARTS) is 2. The SMILES string of the molecule is CC(C)(C)OC(=O)N1C[C@H](C(=O)O)C[C@H](C(=O)O)C1. The zero-order chi connectivity index (χ0) is 14.8. The minimum absolute atomic E-state index is 0.0198. The largest absolute Gasteiger partial charge is 0.481 e. The van der Waals surface area contributed by atoms with Crippen LogP contribution in [0.2, 0.25) is 0 Å². The normalized spacial score (nSPS) is 23.8. The van der Waals surface area contributed by atoms with Gasteiger partial charge in [-0.2, -0.15) is 0 Å². The highest BCUT2D eigenvalue weighted by Gasteiger charge is 2.38. The van der Waals surface area contributed by atoms with Gasteiger partial charge in [-0.05, 0) is 27.2 Å². The fourth-order valence-electron chi connectivity index (χ4n) is 1.93. The summed E-state index contributed by atoms with van der Waals surface area (Å²) in [4.78, 5) is 35.0. The van der Waals surface area contributed by atoms with E-state index in [-0.39, 0.29) is 19.5 Å². The van der Waals surface area contributed by atoms with Gasteiger partial charge in [-0.1, -0.05) is 0 Å². The number of carboxylic acids is 2. The quantitative estimate of drug-likeness (QED) is 0.778.